The number of cyclic esters (lactones) is 1. The summed E-state index contributed by atoms with van der Waals surface area (Å²) in [5, 5.41) is 8.35. The van der Waals surface area contributed by atoms with E-state index >= 15 is 0 Å². The minimum atomic E-state index is -1.53. The summed E-state index contributed by atoms with van der Waals surface area (Å²) in [5.41, 5.74) is 2.64. The van der Waals surface area contributed by atoms with Gasteiger partial charge >= 0.3 is 11.9 Å². The van der Waals surface area contributed by atoms with Gasteiger partial charge in [0.05, 0.1) is 58.4 Å². The number of ether oxygens (including phenoxy) is 2. The Morgan fingerprint density at radius 2 is 1.62 bits per heavy atom. The molecule has 0 aliphatic carbocycles. The molecule has 2 aromatic heterocycles. The summed E-state index contributed by atoms with van der Waals surface area (Å²) < 4.78 is 14.6. The molecule has 0 bridgehead atoms. The average molecular weight is 875 g/mol. The average Bonchev–Trinajstić information content (AvgIpc) is 3.50. The highest BCUT2D eigenvalue weighted by molar-refractivity contribution is 14.1. The Morgan fingerprint density at radius 1 is 0.945 bits per heavy atom. The van der Waals surface area contributed by atoms with E-state index in [1.807, 2.05) is 58.0 Å². The number of hydrogen-bond acceptors (Lipinski definition) is 10. The van der Waals surface area contributed by atoms with Crippen LogP contribution < -0.4 is 25.0 Å². The Labute approximate surface area is 334 Å². The number of fused-ring (bicyclic) bond motifs is 5. The number of nitrogens with zero attached hydrogens (tertiary/aromatic N) is 2. The van der Waals surface area contributed by atoms with Gasteiger partial charge in [-0.3, -0.25) is 32.3 Å². The van der Waals surface area contributed by atoms with Crippen LogP contribution in [-0.2, 0) is 51.4 Å². The molecule has 3 aromatic rings. The first kappa shape index (κ1) is 44.5. The highest BCUT2D eigenvalue weighted by Gasteiger charge is 2.37. The molecule has 0 saturated carbocycles. The summed E-state index contributed by atoms with van der Waals surface area (Å²) in [6, 6.07) is 10.2. The third-order valence-corrected chi connectivity index (χ3v) is 8.64. The van der Waals surface area contributed by atoms with Gasteiger partial charge in [-0.2, -0.15) is 0 Å². The summed E-state index contributed by atoms with van der Waals surface area (Å²) in [6.07, 6.45) is -0.705. The molecule has 2 unspecified atom stereocenters. The Balaban J connectivity index is 0.00000127. The van der Waals surface area contributed by atoms with Crippen LogP contribution in [0.1, 0.15) is 96.9 Å². The maximum absolute atomic E-state index is 13.5. The van der Waals surface area contributed by atoms with Crippen LogP contribution in [0.5, 0.6) is 0 Å². The normalized spacial score (nSPS) is 14.1. The number of nitrogens with one attached hydrogen (secondary N) is 4. The molecule has 0 spiro atoms. The quantitative estimate of drug-likeness (QED) is 0.0859. The van der Waals surface area contributed by atoms with Crippen molar-refractivity contribution in [2.75, 3.05) is 13.1 Å². The van der Waals surface area contributed by atoms with E-state index in [0.29, 0.717) is 30.8 Å². The van der Waals surface area contributed by atoms with Crippen LogP contribution in [0.2, 0.25) is 0 Å². The van der Waals surface area contributed by atoms with Crippen molar-refractivity contribution in [1.29, 1.82) is 0 Å². The number of esters is 2. The molecule has 15 nitrogen and oxygen atoms in total. The third kappa shape index (κ3) is 12.6. The smallest absolute Gasteiger partial charge is 0.352 e. The Bertz CT molecular complexity index is 1940. The summed E-state index contributed by atoms with van der Waals surface area (Å²) >= 11 is 1.71. The van der Waals surface area contributed by atoms with Crippen molar-refractivity contribution in [1.82, 2.24) is 29.0 Å². The van der Waals surface area contributed by atoms with Gasteiger partial charge in [0.1, 0.15) is 19.2 Å². The lowest BCUT2D eigenvalue weighted by Gasteiger charge is -2.25. The monoisotopic (exact) mass is 874 g/mol. The van der Waals surface area contributed by atoms with Gasteiger partial charge in [-0.1, -0.05) is 66.7 Å². The number of amides is 4. The van der Waals surface area contributed by atoms with Crippen molar-refractivity contribution >= 4 is 69.3 Å². The first-order valence-corrected chi connectivity index (χ1v) is 19.5. The molecule has 0 radical (unpaired) electrons. The Kier molecular flexibility index (Phi) is 17.2. The largest absolute Gasteiger partial charge is 0.458 e. The lowest BCUT2D eigenvalue weighted by atomic mass is 10.00. The van der Waals surface area contributed by atoms with Gasteiger partial charge in [0.15, 0.2) is 0 Å². The van der Waals surface area contributed by atoms with Crippen LogP contribution in [0.25, 0.3) is 22.3 Å². The molecule has 1 aromatic carbocycles. The van der Waals surface area contributed by atoms with Crippen molar-refractivity contribution in [2.24, 2.45) is 11.8 Å². The van der Waals surface area contributed by atoms with Gasteiger partial charge in [-0.15, -0.1) is 0 Å². The van der Waals surface area contributed by atoms with Crippen LogP contribution in [0.15, 0.2) is 41.2 Å². The summed E-state index contributed by atoms with van der Waals surface area (Å²) in [7, 11) is 0. The molecular formula is C39H51IN6O9. The maximum atomic E-state index is 13.5. The van der Waals surface area contributed by atoms with Gasteiger partial charge in [0, 0.05) is 29.4 Å². The van der Waals surface area contributed by atoms with Crippen molar-refractivity contribution in [3.63, 3.8) is 0 Å². The molecule has 298 valence electrons. The second kappa shape index (κ2) is 21.3. The fourth-order valence-electron chi connectivity index (χ4n) is 5.69. The molecule has 4 amide bonds. The van der Waals surface area contributed by atoms with Crippen molar-refractivity contribution in [3.8, 4) is 11.4 Å². The van der Waals surface area contributed by atoms with E-state index in [4.69, 9.17) is 14.5 Å². The predicted octanol–water partition coefficient (Wildman–Crippen LogP) is 4.15. The number of hydrogen-bond donors (Lipinski definition) is 4. The van der Waals surface area contributed by atoms with Gasteiger partial charge in [0.2, 0.25) is 29.7 Å². The molecule has 5 rings (SSSR count). The SMILES string of the molecule is CC.CC(C)C.CC(C)CC(NC(=O)CCCC(=O)NI)C(=O)NCC(=O)NCC(=O)OC1C(=O)OCc2c1cc1n(c2=O)Cc2cc3ccccc3nc2-1. The summed E-state index contributed by atoms with van der Waals surface area (Å²) in [4.78, 5) is 92.8. The predicted molar refractivity (Wildman–Crippen MR) is 214 cm³/mol. The summed E-state index contributed by atoms with van der Waals surface area (Å²) in [6.45, 7) is 13.1. The third-order valence-electron chi connectivity index (χ3n) is 8.04. The number of para-hydroxylation sites is 1. The van der Waals surface area contributed by atoms with E-state index in [1.165, 1.54) is 0 Å². The molecule has 0 saturated heterocycles. The van der Waals surface area contributed by atoms with E-state index in [9.17, 15) is 33.6 Å². The number of rotatable bonds is 13. The molecule has 0 fully saturated rings. The van der Waals surface area contributed by atoms with E-state index in [1.54, 1.807) is 33.5 Å². The highest BCUT2D eigenvalue weighted by atomic mass is 127. The number of pyridine rings is 2. The van der Waals surface area contributed by atoms with E-state index < -0.39 is 54.9 Å². The number of benzene rings is 1. The second-order valence-electron chi connectivity index (χ2n) is 13.9. The molecule has 2 aliphatic heterocycles. The molecule has 4 N–H and O–H groups in total. The van der Waals surface area contributed by atoms with Crippen LogP contribution in [0.4, 0.5) is 0 Å². The van der Waals surface area contributed by atoms with E-state index in [0.717, 1.165) is 22.4 Å². The minimum Gasteiger partial charge on any atom is -0.458 e. The van der Waals surface area contributed by atoms with Gasteiger partial charge in [0.25, 0.3) is 5.56 Å². The zero-order valence-electron chi connectivity index (χ0n) is 32.4. The molecular weight excluding hydrogens is 823 g/mol. The maximum Gasteiger partial charge on any atom is 0.352 e. The zero-order valence-corrected chi connectivity index (χ0v) is 34.5. The number of aromatic nitrogens is 2. The lowest BCUT2D eigenvalue weighted by Crippen LogP contribution is -2.49. The van der Waals surface area contributed by atoms with E-state index in [2.05, 4.69) is 40.3 Å². The van der Waals surface area contributed by atoms with E-state index in [-0.39, 0.29) is 48.0 Å². The standard InChI is InChI=1S/C33H35IN6O9.C4H10.C2H6/c1-17(2)10-23(37-25(41)8-5-9-26(42)39-34)31(45)36-13-27(43)35-14-28(44)49-30-20-12-24-29-19(11-18-6-3-4-7-22(18)38-29)15-40(24)32(46)21(20)16-48-33(30)47;1-4(2)3;1-2/h3-4,6-7,11-12,17,23,30H,5,8-10,13-16H2,1-2H3,(H,35,43)(H,36,45)(H,37,41)(H,39,42);4H,1-3H3;1-2H3. The first-order chi connectivity index (χ1) is 26.2. The van der Waals surface area contributed by atoms with Crippen LogP contribution in [0, 0.1) is 11.8 Å². The Hall–Kier alpha value is -4.87. The highest BCUT2D eigenvalue weighted by Crippen LogP contribution is 2.36. The lowest BCUT2D eigenvalue weighted by molar-refractivity contribution is -0.171. The fraction of sp³-hybridized carbons (Fsp3) is 0.487. The van der Waals surface area contributed by atoms with Crippen LogP contribution in [0.3, 0.4) is 0 Å². The second-order valence-corrected chi connectivity index (χ2v) is 14.4. The topological polar surface area (TPSA) is 204 Å². The molecule has 2 atom stereocenters. The molecule has 55 heavy (non-hydrogen) atoms. The van der Waals surface area contributed by atoms with Gasteiger partial charge in [-0.05, 0) is 42.9 Å². The molecule has 16 heteroatoms. The fourth-order valence-corrected chi connectivity index (χ4v) is 5.96. The summed E-state index contributed by atoms with van der Waals surface area (Å²) in [5.74, 6) is -2.87. The number of halogens is 1. The first-order valence-electron chi connectivity index (χ1n) is 18.4. The van der Waals surface area contributed by atoms with Crippen LogP contribution >= 0.6 is 22.9 Å². The number of carbonyl (C=O) groups is 6. The zero-order chi connectivity index (χ0) is 40.8. The van der Waals surface area contributed by atoms with Crippen LogP contribution in [-0.4, -0.2) is 64.2 Å². The van der Waals surface area contributed by atoms with Gasteiger partial charge in [-0.25, -0.2) is 9.78 Å². The number of carbonyl (C=O) groups excluding carboxylic acids is 6. The van der Waals surface area contributed by atoms with Crippen molar-refractivity contribution < 1.29 is 38.2 Å². The van der Waals surface area contributed by atoms with Crippen molar-refractivity contribution in [3.05, 3.63) is 63.4 Å². The Morgan fingerprint density at radius 3 is 2.29 bits per heavy atom. The van der Waals surface area contributed by atoms with Crippen molar-refractivity contribution in [2.45, 2.75) is 99.4 Å². The molecule has 2 aliphatic rings. The minimum absolute atomic E-state index is 0.0456. The van der Waals surface area contributed by atoms with Gasteiger partial charge < -0.3 is 30.0 Å². The molecule has 4 heterocycles.